The van der Waals surface area contributed by atoms with E-state index >= 15 is 0 Å². The number of anilines is 1. The van der Waals surface area contributed by atoms with Gasteiger partial charge in [0.1, 0.15) is 12.4 Å². The highest BCUT2D eigenvalue weighted by molar-refractivity contribution is 5.97. The molecule has 2 aromatic rings. The van der Waals surface area contributed by atoms with Gasteiger partial charge in [-0.2, -0.15) is 0 Å². The van der Waals surface area contributed by atoms with Crippen LogP contribution in [0.25, 0.3) is 0 Å². The van der Waals surface area contributed by atoms with Crippen molar-refractivity contribution >= 4 is 11.6 Å². The molecular formula is C19H27N5. The minimum Gasteiger partial charge on any atom is -0.356 e. The first-order valence-electron chi connectivity index (χ1n) is 8.82. The number of benzene rings is 1. The summed E-state index contributed by atoms with van der Waals surface area (Å²) in [6.45, 7) is 9.96. The number of imidazole rings is 1. The SMILES string of the molecule is CCNC(=NCc1nccn1CC(C)C)N1CCc2ccccc21. The van der Waals surface area contributed by atoms with E-state index < -0.39 is 0 Å². The lowest BCUT2D eigenvalue weighted by Crippen LogP contribution is -2.40. The van der Waals surface area contributed by atoms with Crippen LogP contribution in [0.4, 0.5) is 5.69 Å². The first kappa shape index (κ1) is 16.6. The average molecular weight is 325 g/mol. The van der Waals surface area contributed by atoms with Crippen molar-refractivity contribution < 1.29 is 0 Å². The number of nitrogens with zero attached hydrogens (tertiary/aromatic N) is 4. The van der Waals surface area contributed by atoms with Gasteiger partial charge in [0, 0.05) is 37.7 Å². The Morgan fingerprint density at radius 3 is 2.96 bits per heavy atom. The topological polar surface area (TPSA) is 45.5 Å². The molecule has 0 atom stereocenters. The number of hydrogen-bond acceptors (Lipinski definition) is 2. The second kappa shape index (κ2) is 7.51. The fourth-order valence-electron chi connectivity index (χ4n) is 3.15. The molecular weight excluding hydrogens is 298 g/mol. The number of aliphatic imine (C=N–C) groups is 1. The number of fused-ring (bicyclic) bond motifs is 1. The van der Waals surface area contributed by atoms with Crippen molar-refractivity contribution in [2.45, 2.75) is 40.3 Å². The van der Waals surface area contributed by atoms with Gasteiger partial charge in [-0.25, -0.2) is 9.98 Å². The van der Waals surface area contributed by atoms with Crippen molar-refractivity contribution in [1.29, 1.82) is 0 Å². The van der Waals surface area contributed by atoms with Gasteiger partial charge >= 0.3 is 0 Å². The molecule has 0 saturated carbocycles. The molecule has 2 heterocycles. The normalized spacial score (nSPS) is 14.3. The van der Waals surface area contributed by atoms with Gasteiger partial charge in [0.25, 0.3) is 0 Å². The highest BCUT2D eigenvalue weighted by atomic mass is 15.3. The fourth-order valence-corrected chi connectivity index (χ4v) is 3.15. The molecule has 0 amide bonds. The maximum atomic E-state index is 4.85. The van der Waals surface area contributed by atoms with Crippen LogP contribution >= 0.6 is 0 Å². The molecule has 0 bridgehead atoms. The Kier molecular flexibility index (Phi) is 5.18. The van der Waals surface area contributed by atoms with Crippen molar-refractivity contribution in [3.8, 4) is 0 Å². The van der Waals surface area contributed by atoms with E-state index in [0.717, 1.165) is 37.8 Å². The molecule has 0 saturated heterocycles. The van der Waals surface area contributed by atoms with E-state index in [4.69, 9.17) is 4.99 Å². The molecule has 1 aromatic carbocycles. The Balaban J connectivity index is 1.79. The summed E-state index contributed by atoms with van der Waals surface area (Å²) in [4.78, 5) is 11.6. The Labute approximate surface area is 144 Å². The predicted octanol–water partition coefficient (Wildman–Crippen LogP) is 3.07. The third kappa shape index (κ3) is 3.61. The van der Waals surface area contributed by atoms with E-state index in [9.17, 15) is 0 Å². The van der Waals surface area contributed by atoms with E-state index in [2.05, 4.69) is 64.8 Å². The van der Waals surface area contributed by atoms with Gasteiger partial charge in [-0.1, -0.05) is 32.0 Å². The van der Waals surface area contributed by atoms with Crippen LogP contribution in [-0.4, -0.2) is 28.6 Å². The van der Waals surface area contributed by atoms with E-state index in [1.165, 1.54) is 11.3 Å². The molecule has 0 radical (unpaired) electrons. The first-order chi connectivity index (χ1) is 11.7. The van der Waals surface area contributed by atoms with Gasteiger partial charge in [-0.05, 0) is 30.9 Å². The summed E-state index contributed by atoms with van der Waals surface area (Å²) in [5.74, 6) is 2.56. The molecule has 3 rings (SSSR count). The van der Waals surface area contributed by atoms with Crippen molar-refractivity contribution in [3.05, 3.63) is 48.0 Å². The number of para-hydroxylation sites is 1. The Morgan fingerprint density at radius 2 is 2.17 bits per heavy atom. The van der Waals surface area contributed by atoms with Gasteiger partial charge in [-0.3, -0.25) is 0 Å². The quantitative estimate of drug-likeness (QED) is 0.679. The van der Waals surface area contributed by atoms with Crippen LogP contribution in [-0.2, 0) is 19.5 Å². The van der Waals surface area contributed by atoms with Crippen LogP contribution < -0.4 is 10.2 Å². The van der Waals surface area contributed by atoms with Gasteiger partial charge in [0.2, 0.25) is 0 Å². The molecule has 1 N–H and O–H groups in total. The highest BCUT2D eigenvalue weighted by Gasteiger charge is 2.22. The summed E-state index contributed by atoms with van der Waals surface area (Å²) in [5, 5.41) is 3.43. The first-order valence-corrected chi connectivity index (χ1v) is 8.82. The zero-order chi connectivity index (χ0) is 16.9. The maximum Gasteiger partial charge on any atom is 0.198 e. The molecule has 24 heavy (non-hydrogen) atoms. The van der Waals surface area contributed by atoms with Crippen LogP contribution in [0.2, 0.25) is 0 Å². The molecule has 1 aromatic heterocycles. The largest absolute Gasteiger partial charge is 0.356 e. The summed E-state index contributed by atoms with van der Waals surface area (Å²) < 4.78 is 2.20. The second-order valence-corrected chi connectivity index (χ2v) is 6.59. The Hall–Kier alpha value is -2.30. The standard InChI is InChI=1S/C19H27N5/c1-4-20-19(24-11-9-16-7-5-6-8-17(16)24)22-13-18-21-10-12-23(18)14-15(2)3/h5-8,10,12,15H,4,9,11,13-14H2,1-3H3,(H,20,22). The van der Waals surface area contributed by atoms with Crippen molar-refractivity contribution in [2.24, 2.45) is 10.9 Å². The van der Waals surface area contributed by atoms with E-state index in [1.807, 2.05) is 12.4 Å². The lowest BCUT2D eigenvalue weighted by atomic mass is 10.2. The fraction of sp³-hybridized carbons (Fsp3) is 0.474. The summed E-state index contributed by atoms with van der Waals surface area (Å²) in [7, 11) is 0. The number of hydrogen-bond donors (Lipinski definition) is 1. The monoisotopic (exact) mass is 325 g/mol. The number of aromatic nitrogens is 2. The molecule has 0 unspecified atom stereocenters. The lowest BCUT2D eigenvalue weighted by Gasteiger charge is -2.22. The summed E-state index contributed by atoms with van der Waals surface area (Å²) >= 11 is 0. The third-order valence-electron chi connectivity index (χ3n) is 4.21. The smallest absolute Gasteiger partial charge is 0.198 e. The average Bonchev–Trinajstić information content (AvgIpc) is 3.18. The molecule has 0 fully saturated rings. The summed E-state index contributed by atoms with van der Waals surface area (Å²) in [6.07, 6.45) is 4.98. The molecule has 0 aliphatic carbocycles. The summed E-state index contributed by atoms with van der Waals surface area (Å²) in [5.41, 5.74) is 2.66. The van der Waals surface area contributed by atoms with Crippen LogP contribution in [0.1, 0.15) is 32.2 Å². The predicted molar refractivity (Wildman–Crippen MR) is 99.4 cm³/mol. The highest BCUT2D eigenvalue weighted by Crippen LogP contribution is 2.27. The van der Waals surface area contributed by atoms with E-state index in [-0.39, 0.29) is 0 Å². The molecule has 5 nitrogen and oxygen atoms in total. The van der Waals surface area contributed by atoms with Crippen LogP contribution in [0.15, 0.2) is 41.7 Å². The van der Waals surface area contributed by atoms with Crippen molar-refractivity contribution in [1.82, 2.24) is 14.9 Å². The molecule has 0 spiro atoms. The second-order valence-electron chi connectivity index (χ2n) is 6.59. The van der Waals surface area contributed by atoms with Gasteiger partial charge in [-0.15, -0.1) is 0 Å². The minimum absolute atomic E-state index is 0.598. The molecule has 5 heteroatoms. The molecule has 1 aliphatic heterocycles. The minimum atomic E-state index is 0.598. The van der Waals surface area contributed by atoms with Crippen LogP contribution in [0.3, 0.4) is 0 Å². The maximum absolute atomic E-state index is 4.85. The van der Waals surface area contributed by atoms with Crippen LogP contribution in [0.5, 0.6) is 0 Å². The molecule has 1 aliphatic rings. The number of rotatable bonds is 5. The van der Waals surface area contributed by atoms with Gasteiger partial charge in [0.15, 0.2) is 5.96 Å². The Morgan fingerprint density at radius 1 is 1.33 bits per heavy atom. The number of guanidine groups is 1. The summed E-state index contributed by atoms with van der Waals surface area (Å²) in [6, 6.07) is 8.58. The van der Waals surface area contributed by atoms with E-state index in [0.29, 0.717) is 12.5 Å². The Bertz CT molecular complexity index is 701. The van der Waals surface area contributed by atoms with Crippen molar-refractivity contribution in [2.75, 3.05) is 18.0 Å². The van der Waals surface area contributed by atoms with Crippen LogP contribution in [0, 0.1) is 5.92 Å². The zero-order valence-corrected chi connectivity index (χ0v) is 14.9. The lowest BCUT2D eigenvalue weighted by molar-refractivity contribution is 0.507. The van der Waals surface area contributed by atoms with Crippen molar-refractivity contribution in [3.63, 3.8) is 0 Å². The van der Waals surface area contributed by atoms with E-state index in [1.54, 1.807) is 0 Å². The van der Waals surface area contributed by atoms with Gasteiger partial charge < -0.3 is 14.8 Å². The van der Waals surface area contributed by atoms with Gasteiger partial charge in [0.05, 0.1) is 0 Å². The molecule has 128 valence electrons. The third-order valence-corrected chi connectivity index (χ3v) is 4.21. The zero-order valence-electron chi connectivity index (χ0n) is 14.9. The number of nitrogens with one attached hydrogen (secondary N) is 1.